The third-order valence-electron chi connectivity index (χ3n) is 3.96. The van der Waals surface area contributed by atoms with Gasteiger partial charge in [0.05, 0.1) is 18.1 Å². The van der Waals surface area contributed by atoms with Gasteiger partial charge in [0.15, 0.2) is 0 Å². The summed E-state index contributed by atoms with van der Waals surface area (Å²) in [5, 5.41) is 2.67. The van der Waals surface area contributed by atoms with Crippen LogP contribution in [-0.2, 0) is 6.54 Å². The van der Waals surface area contributed by atoms with Gasteiger partial charge >= 0.3 is 12.6 Å². The number of hydrogen-bond donors (Lipinski definition) is 1. The van der Waals surface area contributed by atoms with Crippen LogP contribution in [0.1, 0.15) is 12.8 Å². The molecular weight excluding hydrogens is 318 g/mol. The van der Waals surface area contributed by atoms with E-state index in [1.54, 1.807) is 29.6 Å². The lowest BCUT2D eigenvalue weighted by Crippen LogP contribution is -2.40. The van der Waals surface area contributed by atoms with E-state index in [1.807, 2.05) is 10.8 Å². The zero-order valence-corrected chi connectivity index (χ0v) is 12.9. The molecule has 1 aromatic carbocycles. The molecule has 0 saturated carbocycles. The highest BCUT2D eigenvalue weighted by Crippen LogP contribution is 2.27. The van der Waals surface area contributed by atoms with Crippen molar-refractivity contribution in [2.45, 2.75) is 32.0 Å². The van der Waals surface area contributed by atoms with Gasteiger partial charge in [-0.15, -0.1) is 0 Å². The Hall–Kier alpha value is -2.64. The fraction of sp³-hybridized carbons (Fsp3) is 0.375. The van der Waals surface area contributed by atoms with Crippen molar-refractivity contribution in [3.63, 3.8) is 0 Å². The highest BCUT2D eigenvalue weighted by Gasteiger charge is 2.29. The molecule has 1 aromatic heterocycles. The predicted molar refractivity (Wildman–Crippen MR) is 84.0 cm³/mol. The number of carbonyl (C=O) groups is 1. The zero-order chi connectivity index (χ0) is 16.9. The molecule has 1 saturated heterocycles. The van der Waals surface area contributed by atoms with Crippen molar-refractivity contribution in [1.82, 2.24) is 14.5 Å². The van der Waals surface area contributed by atoms with Crippen molar-refractivity contribution in [2.75, 3.05) is 11.9 Å². The SMILES string of the molecule is O=C(Nc1ccccc1OC(F)F)N1CCC[C@H]1Cn1ccnc1. The minimum Gasteiger partial charge on any atom is -0.433 e. The van der Waals surface area contributed by atoms with Crippen LogP contribution in [0.5, 0.6) is 5.75 Å². The number of ether oxygens (including phenoxy) is 1. The molecule has 1 atom stereocenters. The number of carbonyl (C=O) groups excluding carboxylic acids is 1. The van der Waals surface area contributed by atoms with Crippen LogP contribution in [-0.4, -0.2) is 39.7 Å². The van der Waals surface area contributed by atoms with Crippen molar-refractivity contribution in [3.8, 4) is 5.75 Å². The van der Waals surface area contributed by atoms with Crippen LogP contribution in [0.4, 0.5) is 19.3 Å². The largest absolute Gasteiger partial charge is 0.433 e. The number of amides is 2. The molecule has 2 heterocycles. The summed E-state index contributed by atoms with van der Waals surface area (Å²) in [5.41, 5.74) is 0.232. The molecule has 1 aliphatic rings. The van der Waals surface area contributed by atoms with Crippen LogP contribution in [0.25, 0.3) is 0 Å². The van der Waals surface area contributed by atoms with Crippen molar-refractivity contribution >= 4 is 11.7 Å². The highest BCUT2D eigenvalue weighted by molar-refractivity contribution is 5.91. The number of nitrogens with zero attached hydrogens (tertiary/aromatic N) is 3. The molecule has 0 spiro atoms. The Labute approximate surface area is 138 Å². The summed E-state index contributed by atoms with van der Waals surface area (Å²) in [5.74, 6) is -0.0498. The number of hydrogen-bond acceptors (Lipinski definition) is 3. The van der Waals surface area contributed by atoms with Crippen LogP contribution in [0.15, 0.2) is 43.0 Å². The molecule has 0 aliphatic carbocycles. The number of alkyl halides is 2. The smallest absolute Gasteiger partial charge is 0.387 e. The van der Waals surface area contributed by atoms with Gasteiger partial charge in [-0.3, -0.25) is 0 Å². The molecule has 0 unspecified atom stereocenters. The Morgan fingerprint density at radius 3 is 3.00 bits per heavy atom. The zero-order valence-electron chi connectivity index (χ0n) is 12.9. The van der Waals surface area contributed by atoms with Gasteiger partial charge in [0.2, 0.25) is 0 Å². The number of likely N-dealkylation sites (tertiary alicyclic amines) is 1. The van der Waals surface area contributed by atoms with Gasteiger partial charge in [-0.1, -0.05) is 12.1 Å². The first-order valence-electron chi connectivity index (χ1n) is 7.70. The van der Waals surface area contributed by atoms with Crippen molar-refractivity contribution in [2.24, 2.45) is 0 Å². The second-order valence-electron chi connectivity index (χ2n) is 5.55. The first-order valence-corrected chi connectivity index (χ1v) is 7.70. The van der Waals surface area contributed by atoms with Gasteiger partial charge in [-0.25, -0.2) is 9.78 Å². The molecule has 128 valence electrons. The molecule has 0 bridgehead atoms. The van der Waals surface area contributed by atoms with E-state index in [0.717, 1.165) is 12.8 Å². The van der Waals surface area contributed by atoms with E-state index in [2.05, 4.69) is 15.0 Å². The first kappa shape index (κ1) is 16.2. The lowest BCUT2D eigenvalue weighted by molar-refractivity contribution is -0.0493. The van der Waals surface area contributed by atoms with Crippen LogP contribution >= 0.6 is 0 Å². The maximum Gasteiger partial charge on any atom is 0.387 e. The first-order chi connectivity index (χ1) is 11.6. The number of benzene rings is 1. The summed E-state index contributed by atoms with van der Waals surface area (Å²) in [6.07, 6.45) is 7.04. The van der Waals surface area contributed by atoms with E-state index in [-0.39, 0.29) is 23.5 Å². The molecule has 24 heavy (non-hydrogen) atoms. The third kappa shape index (κ3) is 3.81. The average Bonchev–Trinajstić information content (AvgIpc) is 3.21. The molecule has 0 radical (unpaired) electrons. The summed E-state index contributed by atoms with van der Waals surface area (Å²) in [6, 6.07) is 5.89. The average molecular weight is 336 g/mol. The van der Waals surface area contributed by atoms with E-state index >= 15 is 0 Å². The molecule has 1 N–H and O–H groups in total. The maximum absolute atomic E-state index is 12.5. The number of anilines is 1. The molecule has 8 heteroatoms. The third-order valence-corrected chi connectivity index (χ3v) is 3.96. The fourth-order valence-corrected chi connectivity index (χ4v) is 2.89. The molecule has 1 fully saturated rings. The second kappa shape index (κ2) is 7.29. The highest BCUT2D eigenvalue weighted by atomic mass is 19.3. The lowest BCUT2D eigenvalue weighted by atomic mass is 10.2. The Morgan fingerprint density at radius 1 is 1.42 bits per heavy atom. The van der Waals surface area contributed by atoms with Crippen molar-refractivity contribution < 1.29 is 18.3 Å². The van der Waals surface area contributed by atoms with Crippen molar-refractivity contribution in [3.05, 3.63) is 43.0 Å². The van der Waals surface area contributed by atoms with Crippen LogP contribution < -0.4 is 10.1 Å². The van der Waals surface area contributed by atoms with Gasteiger partial charge in [-0.2, -0.15) is 8.78 Å². The van der Waals surface area contributed by atoms with E-state index in [0.29, 0.717) is 13.1 Å². The number of imidazole rings is 1. The normalized spacial score (nSPS) is 17.3. The Balaban J connectivity index is 1.68. The van der Waals surface area contributed by atoms with Gasteiger partial charge < -0.3 is 19.5 Å². The standard InChI is InChI=1S/C16H18F2N4O2/c17-15(18)24-14-6-2-1-5-13(14)20-16(23)22-8-3-4-12(22)10-21-9-7-19-11-21/h1-2,5-7,9,11-12,15H,3-4,8,10H2,(H,20,23)/t12-/m0/s1. The molecule has 3 rings (SSSR count). The summed E-state index contributed by atoms with van der Waals surface area (Å²) in [4.78, 5) is 18.3. The van der Waals surface area contributed by atoms with Crippen LogP contribution in [0.3, 0.4) is 0 Å². The van der Waals surface area contributed by atoms with E-state index in [4.69, 9.17) is 0 Å². The van der Waals surface area contributed by atoms with Crippen LogP contribution in [0, 0.1) is 0 Å². The Bertz CT molecular complexity index is 678. The molecule has 2 amide bonds. The minimum atomic E-state index is -2.94. The molecule has 1 aliphatic heterocycles. The Kier molecular flexibility index (Phi) is 4.93. The predicted octanol–water partition coefficient (Wildman–Crippen LogP) is 3.18. The number of nitrogens with one attached hydrogen (secondary N) is 1. The topological polar surface area (TPSA) is 59.4 Å². The maximum atomic E-state index is 12.5. The van der Waals surface area contributed by atoms with Gasteiger partial charge in [0.1, 0.15) is 5.75 Å². The van der Waals surface area contributed by atoms with Crippen LogP contribution in [0.2, 0.25) is 0 Å². The summed E-state index contributed by atoms with van der Waals surface area (Å²) in [6.45, 7) is -1.66. The quantitative estimate of drug-likeness (QED) is 0.912. The molecule has 6 nitrogen and oxygen atoms in total. The number of para-hydroxylation sites is 2. The summed E-state index contributed by atoms with van der Waals surface area (Å²) >= 11 is 0. The molecular formula is C16H18F2N4O2. The Morgan fingerprint density at radius 2 is 2.25 bits per heavy atom. The fourth-order valence-electron chi connectivity index (χ4n) is 2.89. The van der Waals surface area contributed by atoms with E-state index in [1.165, 1.54) is 12.1 Å². The summed E-state index contributed by atoms with van der Waals surface area (Å²) in [7, 11) is 0. The van der Waals surface area contributed by atoms with Crippen molar-refractivity contribution in [1.29, 1.82) is 0 Å². The second-order valence-corrected chi connectivity index (χ2v) is 5.55. The van der Waals surface area contributed by atoms with E-state index in [9.17, 15) is 13.6 Å². The van der Waals surface area contributed by atoms with E-state index < -0.39 is 6.61 Å². The molecule has 2 aromatic rings. The monoisotopic (exact) mass is 336 g/mol. The number of rotatable bonds is 5. The minimum absolute atomic E-state index is 0.0439. The lowest BCUT2D eigenvalue weighted by Gasteiger charge is -2.25. The number of aromatic nitrogens is 2. The van der Waals surface area contributed by atoms with Gasteiger partial charge in [0.25, 0.3) is 0 Å². The van der Waals surface area contributed by atoms with Gasteiger partial charge in [0, 0.05) is 25.5 Å². The summed E-state index contributed by atoms with van der Waals surface area (Å²) < 4.78 is 31.3. The number of urea groups is 1. The van der Waals surface area contributed by atoms with Gasteiger partial charge in [-0.05, 0) is 25.0 Å². The number of halogens is 2.